The minimum absolute atomic E-state index is 0.0963. The highest BCUT2D eigenvalue weighted by atomic mass is 32.2. The summed E-state index contributed by atoms with van der Waals surface area (Å²) < 4.78 is 29.2. The van der Waals surface area contributed by atoms with Crippen molar-refractivity contribution >= 4 is 15.7 Å². The van der Waals surface area contributed by atoms with Gasteiger partial charge in [-0.25, -0.2) is 12.7 Å². The Morgan fingerprint density at radius 3 is 2.65 bits per heavy atom. The zero-order chi connectivity index (χ0) is 27.7. The minimum Gasteiger partial charge on any atom is -0.508 e. The maximum Gasteiger partial charge on any atom is 0.218 e. The van der Waals surface area contributed by atoms with Gasteiger partial charge >= 0.3 is 0 Å². The number of hydrogen-bond acceptors (Lipinski definition) is 6. The van der Waals surface area contributed by atoms with Crippen LogP contribution in [0.15, 0.2) is 114 Å². The van der Waals surface area contributed by atoms with Gasteiger partial charge in [0.05, 0.1) is 17.1 Å². The zero-order valence-electron chi connectivity index (χ0n) is 22.6. The van der Waals surface area contributed by atoms with Gasteiger partial charge in [0, 0.05) is 43.2 Å². The summed E-state index contributed by atoms with van der Waals surface area (Å²) in [5.41, 5.74) is 11.0. The number of benzene rings is 2. The molecular formula is C32H34N4O3S. The maximum atomic E-state index is 13.8. The Bertz CT molecular complexity index is 1580. The van der Waals surface area contributed by atoms with Gasteiger partial charge in [0.15, 0.2) is 0 Å². The number of rotatable bonds is 9. The van der Waals surface area contributed by atoms with Crippen molar-refractivity contribution < 1.29 is 13.5 Å². The zero-order valence-corrected chi connectivity index (χ0v) is 23.4. The molecule has 2 atom stereocenters. The molecule has 0 radical (unpaired) electrons. The first-order chi connectivity index (χ1) is 19.4. The number of aromatic hydroxyl groups is 1. The van der Waals surface area contributed by atoms with E-state index in [1.54, 1.807) is 41.0 Å². The molecule has 0 unspecified atom stereocenters. The van der Waals surface area contributed by atoms with E-state index in [0.717, 1.165) is 24.1 Å². The van der Waals surface area contributed by atoms with Crippen LogP contribution in [0.3, 0.4) is 0 Å². The smallest absolute Gasteiger partial charge is 0.218 e. The molecule has 0 spiro atoms. The van der Waals surface area contributed by atoms with E-state index in [1.807, 2.05) is 30.3 Å². The van der Waals surface area contributed by atoms with Crippen LogP contribution in [-0.4, -0.2) is 35.9 Å². The van der Waals surface area contributed by atoms with Gasteiger partial charge in [0.1, 0.15) is 5.75 Å². The van der Waals surface area contributed by atoms with Crippen LogP contribution in [0.4, 0.5) is 5.69 Å². The molecule has 2 heterocycles. The van der Waals surface area contributed by atoms with E-state index < -0.39 is 10.0 Å². The van der Waals surface area contributed by atoms with Crippen LogP contribution < -0.4 is 10.4 Å². The average Bonchev–Trinajstić information content (AvgIpc) is 3.57. The molecule has 8 heteroatoms. The second-order valence-electron chi connectivity index (χ2n) is 10.7. The van der Waals surface area contributed by atoms with Crippen LogP contribution >= 0.6 is 0 Å². The first kappa shape index (κ1) is 26.3. The fourth-order valence-corrected chi connectivity index (χ4v) is 7.79. The Hall–Kier alpha value is -3.88. The summed E-state index contributed by atoms with van der Waals surface area (Å²) in [5, 5.41) is 12.4. The van der Waals surface area contributed by atoms with Crippen LogP contribution in [0.5, 0.6) is 5.75 Å². The predicted octanol–water partition coefficient (Wildman–Crippen LogP) is 5.31. The third-order valence-electron chi connectivity index (χ3n) is 8.23. The van der Waals surface area contributed by atoms with E-state index in [2.05, 4.69) is 46.8 Å². The lowest BCUT2D eigenvalue weighted by Gasteiger charge is -2.32. The standard InChI is InChI=1S/C32H34N4O3S/c1-23-29-20-34-36(28-10-3-2-4-11-28)30(29)18-26-13-14-27(32(23)26)21-35(17-15-25-9-5-6-12-31(25)37)40(38,39)22-24-8-7-16-33-19-24/h2-12,16,18-20,23,27,34,37H,13-15,17,21-22H2,1H3/t23-,27+/m0/s1. The fraction of sp³-hybridized carbons (Fsp3) is 0.281. The maximum absolute atomic E-state index is 13.8. The lowest BCUT2D eigenvalue weighted by Crippen LogP contribution is -2.38. The molecule has 6 rings (SSSR count). The van der Waals surface area contributed by atoms with Gasteiger partial charge in [-0.2, -0.15) is 0 Å². The van der Waals surface area contributed by atoms with Gasteiger partial charge in [-0.05, 0) is 72.2 Å². The number of aromatic nitrogens is 1. The van der Waals surface area contributed by atoms with E-state index in [0.29, 0.717) is 25.1 Å². The summed E-state index contributed by atoms with van der Waals surface area (Å²) in [5.74, 6) is 0.411. The molecule has 0 amide bonds. The van der Waals surface area contributed by atoms with Gasteiger partial charge in [-0.15, -0.1) is 0 Å². The minimum atomic E-state index is -3.63. The van der Waals surface area contributed by atoms with Crippen LogP contribution in [0, 0.1) is 11.8 Å². The fourth-order valence-electron chi connectivity index (χ4n) is 6.24. The number of hydrogen-bond donors (Lipinski definition) is 2. The Morgan fingerprint density at radius 1 is 1.07 bits per heavy atom. The molecule has 7 nitrogen and oxygen atoms in total. The molecule has 0 saturated carbocycles. The highest BCUT2D eigenvalue weighted by molar-refractivity contribution is 7.88. The van der Waals surface area contributed by atoms with Crippen molar-refractivity contribution in [3.63, 3.8) is 0 Å². The van der Waals surface area contributed by atoms with Crippen LogP contribution in [-0.2, 0) is 22.2 Å². The van der Waals surface area contributed by atoms with Crippen molar-refractivity contribution in [2.45, 2.75) is 31.9 Å². The lowest BCUT2D eigenvalue weighted by molar-refractivity contribution is 0.355. The molecule has 0 fully saturated rings. The average molecular weight is 555 g/mol. The number of nitrogens with one attached hydrogen (secondary N) is 1. The number of nitrogens with zero attached hydrogens (tertiary/aromatic N) is 3. The largest absolute Gasteiger partial charge is 0.508 e. The van der Waals surface area contributed by atoms with Crippen molar-refractivity contribution in [2.24, 2.45) is 11.8 Å². The number of sulfonamides is 1. The molecule has 2 N–H and O–H groups in total. The molecule has 3 aromatic rings. The van der Waals surface area contributed by atoms with Crippen molar-refractivity contribution in [1.82, 2.24) is 14.7 Å². The number of anilines is 1. The number of phenolic OH excluding ortho intramolecular Hbond substituents is 1. The first-order valence-electron chi connectivity index (χ1n) is 13.8. The van der Waals surface area contributed by atoms with Crippen LogP contribution in [0.2, 0.25) is 0 Å². The Kier molecular flexibility index (Phi) is 7.21. The summed E-state index contributed by atoms with van der Waals surface area (Å²) in [6.45, 7) is 2.96. The number of phenols is 1. The third kappa shape index (κ3) is 5.17. The topological polar surface area (TPSA) is 85.8 Å². The molecule has 40 heavy (non-hydrogen) atoms. The van der Waals surface area contributed by atoms with E-state index >= 15 is 0 Å². The Labute approximate surface area is 236 Å². The van der Waals surface area contributed by atoms with Gasteiger partial charge in [-0.1, -0.05) is 55.0 Å². The van der Waals surface area contributed by atoms with E-state index in [9.17, 15) is 13.5 Å². The normalized spacial score (nSPS) is 20.2. The SMILES string of the molecule is C[C@H]1C2=CNN(c3ccccc3)C2=CC2=C1[C@@H](CN(CCc1ccccc1O)S(=O)(=O)Cc1cccnc1)CC2. The number of allylic oxidation sites excluding steroid dienone is 3. The Balaban J connectivity index is 1.27. The molecule has 2 aliphatic carbocycles. The lowest BCUT2D eigenvalue weighted by atomic mass is 9.80. The first-order valence-corrected chi connectivity index (χ1v) is 15.4. The summed E-state index contributed by atoms with van der Waals surface area (Å²) >= 11 is 0. The summed E-state index contributed by atoms with van der Waals surface area (Å²) in [4.78, 5) is 4.11. The molecular weight excluding hydrogens is 520 g/mol. The number of para-hydroxylation sites is 2. The third-order valence-corrected chi connectivity index (χ3v) is 10.0. The van der Waals surface area contributed by atoms with E-state index in [4.69, 9.17) is 0 Å². The van der Waals surface area contributed by atoms with Crippen LogP contribution in [0.25, 0.3) is 0 Å². The quantitative estimate of drug-likeness (QED) is 0.373. The highest BCUT2D eigenvalue weighted by Gasteiger charge is 2.39. The van der Waals surface area contributed by atoms with Crippen molar-refractivity contribution in [2.75, 3.05) is 18.1 Å². The highest BCUT2D eigenvalue weighted by Crippen LogP contribution is 2.48. The summed E-state index contributed by atoms with van der Waals surface area (Å²) in [6.07, 6.45) is 9.92. The monoisotopic (exact) mass is 554 g/mol. The van der Waals surface area contributed by atoms with Crippen LogP contribution in [0.1, 0.15) is 30.9 Å². The predicted molar refractivity (Wildman–Crippen MR) is 157 cm³/mol. The van der Waals surface area contributed by atoms with Gasteiger partial charge in [-0.3, -0.25) is 9.99 Å². The number of fused-ring (bicyclic) bond motifs is 1. The number of pyridine rings is 1. The van der Waals surface area contributed by atoms with Crippen molar-refractivity contribution in [3.05, 3.63) is 125 Å². The van der Waals surface area contributed by atoms with Gasteiger partial charge in [0.2, 0.25) is 10.0 Å². The molecule has 206 valence electrons. The van der Waals surface area contributed by atoms with Crippen molar-refractivity contribution in [1.29, 1.82) is 0 Å². The molecule has 2 aromatic carbocycles. The molecule has 0 saturated heterocycles. The molecule has 1 aliphatic heterocycles. The Morgan fingerprint density at radius 2 is 1.88 bits per heavy atom. The summed E-state index contributed by atoms with van der Waals surface area (Å²) in [6, 6.07) is 21.0. The van der Waals surface area contributed by atoms with Gasteiger partial charge < -0.3 is 10.5 Å². The second-order valence-corrected chi connectivity index (χ2v) is 12.7. The molecule has 1 aromatic heterocycles. The van der Waals surface area contributed by atoms with E-state index in [-0.39, 0.29) is 23.3 Å². The molecule has 3 aliphatic rings. The molecule has 0 bridgehead atoms. The van der Waals surface area contributed by atoms with Crippen molar-refractivity contribution in [3.8, 4) is 5.75 Å². The second kappa shape index (κ2) is 10.9. The summed E-state index contributed by atoms with van der Waals surface area (Å²) in [7, 11) is -3.63. The van der Waals surface area contributed by atoms with E-state index in [1.165, 1.54) is 22.4 Å². The van der Waals surface area contributed by atoms with Gasteiger partial charge in [0.25, 0.3) is 0 Å². The number of hydrazine groups is 1.